The Labute approximate surface area is 113 Å². The Bertz CT molecular complexity index is 426. The average Bonchev–Trinajstić information content (AvgIpc) is 3.07. The lowest BCUT2D eigenvalue weighted by molar-refractivity contribution is -0.0160. The molecule has 0 spiro atoms. The second kappa shape index (κ2) is 5.56. The molecule has 3 heterocycles. The van der Waals surface area contributed by atoms with Gasteiger partial charge in [0.15, 0.2) is 0 Å². The first kappa shape index (κ1) is 13.0. The molecule has 2 aliphatic rings. The predicted octanol–water partition coefficient (Wildman–Crippen LogP) is 0.509. The van der Waals surface area contributed by atoms with Gasteiger partial charge in [-0.25, -0.2) is 0 Å². The summed E-state index contributed by atoms with van der Waals surface area (Å²) in [4.78, 5) is 0. The third-order valence-corrected chi connectivity index (χ3v) is 4.17. The zero-order valence-corrected chi connectivity index (χ0v) is 11.5. The minimum Gasteiger partial charge on any atom is -0.378 e. The first-order valence-corrected chi connectivity index (χ1v) is 7.08. The van der Waals surface area contributed by atoms with Crippen LogP contribution in [-0.4, -0.2) is 47.2 Å². The van der Waals surface area contributed by atoms with Crippen LogP contribution >= 0.6 is 0 Å². The Balaban J connectivity index is 1.56. The van der Waals surface area contributed by atoms with Gasteiger partial charge in [-0.1, -0.05) is 0 Å². The summed E-state index contributed by atoms with van der Waals surface area (Å²) in [6, 6.07) is 0. The quantitative estimate of drug-likeness (QED) is 0.841. The molecule has 1 atom stereocenters. The van der Waals surface area contributed by atoms with Gasteiger partial charge in [0.2, 0.25) is 0 Å². The smallest absolute Gasteiger partial charge is 0.147 e. The lowest BCUT2D eigenvalue weighted by Crippen LogP contribution is -2.43. The van der Waals surface area contributed by atoms with E-state index in [9.17, 15) is 0 Å². The molecule has 0 radical (unpaired) electrons. The molecule has 1 aromatic heterocycles. The Morgan fingerprint density at radius 1 is 1.42 bits per heavy atom. The van der Waals surface area contributed by atoms with E-state index in [1.54, 1.807) is 7.11 Å². The van der Waals surface area contributed by atoms with Crippen LogP contribution in [0.4, 0.5) is 0 Å². The van der Waals surface area contributed by atoms with Crippen molar-refractivity contribution in [3.63, 3.8) is 0 Å². The van der Waals surface area contributed by atoms with Crippen molar-refractivity contribution in [3.8, 4) is 0 Å². The van der Waals surface area contributed by atoms with E-state index in [0.29, 0.717) is 6.61 Å². The molecule has 1 aromatic rings. The number of ether oxygens (including phenoxy) is 2. The molecule has 1 saturated heterocycles. The van der Waals surface area contributed by atoms with E-state index in [1.807, 2.05) is 0 Å². The van der Waals surface area contributed by atoms with E-state index in [0.717, 1.165) is 50.7 Å². The lowest BCUT2D eigenvalue weighted by atomic mass is 10.0. The minimum atomic E-state index is -0.162. The van der Waals surface area contributed by atoms with Gasteiger partial charge in [-0.05, 0) is 12.8 Å². The van der Waals surface area contributed by atoms with E-state index < -0.39 is 0 Å². The Morgan fingerprint density at radius 3 is 3.16 bits per heavy atom. The lowest BCUT2D eigenvalue weighted by Gasteiger charge is -2.26. The fraction of sp³-hybridized carbons (Fsp3) is 0.846. The van der Waals surface area contributed by atoms with Crippen LogP contribution in [-0.2, 0) is 29.0 Å². The molecule has 1 N–H and O–H groups in total. The molecular weight excluding hydrogens is 244 g/mol. The molecule has 0 amide bonds. The number of aryl methyl sites for hydroxylation is 1. The highest BCUT2D eigenvalue weighted by Crippen LogP contribution is 2.21. The monoisotopic (exact) mass is 266 g/mol. The van der Waals surface area contributed by atoms with Crippen molar-refractivity contribution in [1.82, 2.24) is 20.1 Å². The fourth-order valence-electron chi connectivity index (χ4n) is 2.86. The Kier molecular flexibility index (Phi) is 3.81. The van der Waals surface area contributed by atoms with Gasteiger partial charge in [0.1, 0.15) is 17.2 Å². The zero-order valence-electron chi connectivity index (χ0n) is 11.5. The molecule has 2 aliphatic heterocycles. The van der Waals surface area contributed by atoms with Gasteiger partial charge in [-0.3, -0.25) is 0 Å². The van der Waals surface area contributed by atoms with Crippen molar-refractivity contribution in [2.24, 2.45) is 0 Å². The van der Waals surface area contributed by atoms with Gasteiger partial charge >= 0.3 is 0 Å². The van der Waals surface area contributed by atoms with Crippen LogP contribution in [0.15, 0.2) is 0 Å². The van der Waals surface area contributed by atoms with Crippen LogP contribution in [0.5, 0.6) is 0 Å². The molecule has 0 aromatic carbocycles. The van der Waals surface area contributed by atoms with Gasteiger partial charge in [0, 0.05) is 39.6 Å². The number of aromatic nitrogens is 3. The number of fused-ring (bicyclic) bond motifs is 1. The molecular formula is C13H22N4O2. The maximum atomic E-state index is 5.60. The van der Waals surface area contributed by atoms with Crippen molar-refractivity contribution in [3.05, 3.63) is 11.6 Å². The summed E-state index contributed by atoms with van der Waals surface area (Å²) >= 11 is 0. The summed E-state index contributed by atoms with van der Waals surface area (Å²) in [5, 5.41) is 12.0. The highest BCUT2D eigenvalue weighted by Gasteiger charge is 2.34. The molecule has 1 unspecified atom stereocenters. The maximum absolute atomic E-state index is 5.60. The number of nitrogens with zero attached hydrogens (tertiary/aromatic N) is 3. The van der Waals surface area contributed by atoms with Crippen LogP contribution in [0.25, 0.3) is 0 Å². The molecule has 1 fully saturated rings. The molecule has 0 bridgehead atoms. The molecule has 19 heavy (non-hydrogen) atoms. The standard InChI is InChI=1S/C13H22N4O2/c1-18-13(5-7-19-10-13)9-14-8-12-16-15-11-4-2-3-6-17(11)12/h14H,2-10H2,1H3. The first-order chi connectivity index (χ1) is 9.33. The van der Waals surface area contributed by atoms with E-state index in [1.165, 1.54) is 12.8 Å². The van der Waals surface area contributed by atoms with Crippen LogP contribution in [0.2, 0.25) is 0 Å². The molecule has 3 rings (SSSR count). The summed E-state index contributed by atoms with van der Waals surface area (Å²) in [6.45, 7) is 4.06. The van der Waals surface area contributed by atoms with Crippen molar-refractivity contribution in [2.45, 2.75) is 44.4 Å². The molecule has 6 nitrogen and oxygen atoms in total. The van der Waals surface area contributed by atoms with Crippen LogP contribution < -0.4 is 5.32 Å². The van der Waals surface area contributed by atoms with Crippen molar-refractivity contribution in [2.75, 3.05) is 26.9 Å². The topological polar surface area (TPSA) is 61.2 Å². The third kappa shape index (κ3) is 2.66. The SMILES string of the molecule is COC1(CNCc2nnc3n2CCCC3)CCOC1. The van der Waals surface area contributed by atoms with Crippen molar-refractivity contribution < 1.29 is 9.47 Å². The van der Waals surface area contributed by atoms with E-state index in [2.05, 4.69) is 20.1 Å². The predicted molar refractivity (Wildman–Crippen MR) is 69.8 cm³/mol. The summed E-state index contributed by atoms with van der Waals surface area (Å²) < 4.78 is 13.3. The van der Waals surface area contributed by atoms with Crippen LogP contribution in [0.1, 0.15) is 30.9 Å². The van der Waals surface area contributed by atoms with Gasteiger partial charge in [-0.15, -0.1) is 10.2 Å². The number of methoxy groups -OCH3 is 1. The number of nitrogens with one attached hydrogen (secondary N) is 1. The second-order valence-electron chi connectivity index (χ2n) is 5.43. The van der Waals surface area contributed by atoms with Crippen molar-refractivity contribution in [1.29, 1.82) is 0 Å². The Morgan fingerprint density at radius 2 is 2.37 bits per heavy atom. The van der Waals surface area contributed by atoms with Gasteiger partial charge in [0.05, 0.1) is 13.2 Å². The minimum absolute atomic E-state index is 0.162. The number of rotatable bonds is 5. The average molecular weight is 266 g/mol. The number of hydrogen-bond donors (Lipinski definition) is 1. The molecule has 106 valence electrons. The van der Waals surface area contributed by atoms with Crippen LogP contribution in [0.3, 0.4) is 0 Å². The molecule has 0 saturated carbocycles. The molecule has 0 aliphatic carbocycles. The maximum Gasteiger partial charge on any atom is 0.147 e. The molecule has 6 heteroatoms. The Hall–Kier alpha value is -0.980. The first-order valence-electron chi connectivity index (χ1n) is 7.08. The largest absolute Gasteiger partial charge is 0.378 e. The van der Waals surface area contributed by atoms with E-state index >= 15 is 0 Å². The van der Waals surface area contributed by atoms with Gasteiger partial charge < -0.3 is 19.4 Å². The zero-order chi connectivity index (χ0) is 13.1. The summed E-state index contributed by atoms with van der Waals surface area (Å²) in [7, 11) is 1.76. The highest BCUT2D eigenvalue weighted by atomic mass is 16.5. The fourth-order valence-corrected chi connectivity index (χ4v) is 2.86. The summed E-state index contributed by atoms with van der Waals surface area (Å²) in [6.07, 6.45) is 4.47. The van der Waals surface area contributed by atoms with Gasteiger partial charge in [-0.2, -0.15) is 0 Å². The van der Waals surface area contributed by atoms with Crippen molar-refractivity contribution >= 4 is 0 Å². The summed E-state index contributed by atoms with van der Waals surface area (Å²) in [5.74, 6) is 2.17. The van der Waals surface area contributed by atoms with Gasteiger partial charge in [0.25, 0.3) is 0 Å². The number of hydrogen-bond acceptors (Lipinski definition) is 5. The van der Waals surface area contributed by atoms with E-state index in [-0.39, 0.29) is 5.60 Å². The summed E-state index contributed by atoms with van der Waals surface area (Å²) in [5.41, 5.74) is -0.162. The highest BCUT2D eigenvalue weighted by molar-refractivity contribution is 4.99. The second-order valence-corrected chi connectivity index (χ2v) is 5.43. The van der Waals surface area contributed by atoms with E-state index in [4.69, 9.17) is 9.47 Å². The normalized spacial score (nSPS) is 26.6. The third-order valence-electron chi connectivity index (χ3n) is 4.17. The van der Waals surface area contributed by atoms with Crippen LogP contribution in [0, 0.1) is 0 Å².